The summed E-state index contributed by atoms with van der Waals surface area (Å²) in [6.45, 7) is 5.08. The molecule has 2 aromatic rings. The number of halogens is 2. The Morgan fingerprint density at radius 3 is 2.68 bits per heavy atom. The summed E-state index contributed by atoms with van der Waals surface area (Å²) in [5, 5.41) is 0.554. The maximum absolute atomic E-state index is 13.3. The molecule has 28 heavy (non-hydrogen) atoms. The van der Waals surface area contributed by atoms with Gasteiger partial charge in [0.25, 0.3) is 10.0 Å². The van der Waals surface area contributed by atoms with Crippen molar-refractivity contribution in [1.29, 1.82) is 0 Å². The van der Waals surface area contributed by atoms with Gasteiger partial charge in [-0.3, -0.25) is 0 Å². The largest absolute Gasteiger partial charge is 0.464 e. The lowest BCUT2D eigenvalue weighted by molar-refractivity contribution is 0.262. The summed E-state index contributed by atoms with van der Waals surface area (Å²) < 4.78 is 33.3. The average molecular weight is 468 g/mol. The fourth-order valence-corrected chi connectivity index (χ4v) is 5.29. The molecule has 0 aliphatic heterocycles. The highest BCUT2D eigenvalue weighted by Crippen LogP contribution is 2.34. The summed E-state index contributed by atoms with van der Waals surface area (Å²) in [5.74, 6) is 0.805. The van der Waals surface area contributed by atoms with Crippen LogP contribution < -0.4 is 4.74 Å². The zero-order chi connectivity index (χ0) is 20.0. The molecule has 2 rings (SSSR count). The summed E-state index contributed by atoms with van der Waals surface area (Å²) >= 11 is 7.71. The molecular formula is C18H27Cl2N3O3S2. The van der Waals surface area contributed by atoms with E-state index in [0.717, 1.165) is 29.1 Å². The van der Waals surface area contributed by atoms with Gasteiger partial charge in [0.05, 0.1) is 12.8 Å². The molecule has 6 nitrogen and oxygen atoms in total. The number of ether oxygens (including phenoxy) is 1. The van der Waals surface area contributed by atoms with Crippen LogP contribution in [0, 0.1) is 6.92 Å². The second-order valence-corrected chi connectivity index (χ2v) is 9.74. The molecule has 0 N–H and O–H groups in total. The summed E-state index contributed by atoms with van der Waals surface area (Å²) in [5.41, 5.74) is 0.713. The first-order valence-electron chi connectivity index (χ1n) is 8.76. The van der Waals surface area contributed by atoms with Gasteiger partial charge in [0.15, 0.2) is 0 Å². The van der Waals surface area contributed by atoms with Crippen LogP contribution in [0.25, 0.3) is 0 Å². The first-order valence-corrected chi connectivity index (χ1v) is 11.6. The number of aryl methyl sites for hydroxylation is 1. The van der Waals surface area contributed by atoms with Crippen LogP contribution in [0.1, 0.15) is 25.3 Å². The van der Waals surface area contributed by atoms with Crippen LogP contribution in [0.15, 0.2) is 34.3 Å². The molecule has 10 heteroatoms. The maximum atomic E-state index is 13.3. The van der Waals surface area contributed by atoms with E-state index in [-0.39, 0.29) is 23.3 Å². The van der Waals surface area contributed by atoms with Crippen LogP contribution in [-0.2, 0) is 10.0 Å². The number of aromatic nitrogens is 2. The highest BCUT2D eigenvalue weighted by molar-refractivity contribution is 8.00. The lowest BCUT2D eigenvalue weighted by atomic mass is 10.2. The lowest BCUT2D eigenvalue weighted by Gasteiger charge is -2.15. The van der Waals surface area contributed by atoms with Crippen molar-refractivity contribution in [3.05, 3.63) is 35.1 Å². The topological polar surface area (TPSA) is 64.4 Å². The van der Waals surface area contributed by atoms with Crippen molar-refractivity contribution in [3.63, 3.8) is 0 Å². The lowest BCUT2D eigenvalue weighted by Crippen LogP contribution is -2.18. The van der Waals surface area contributed by atoms with Gasteiger partial charge in [-0.05, 0) is 57.3 Å². The van der Waals surface area contributed by atoms with E-state index in [2.05, 4.69) is 4.98 Å². The second kappa shape index (κ2) is 11.3. The number of benzene rings is 1. The van der Waals surface area contributed by atoms with E-state index >= 15 is 0 Å². The number of nitrogens with zero attached hydrogens (tertiary/aromatic N) is 3. The van der Waals surface area contributed by atoms with Gasteiger partial charge in [0.2, 0.25) is 0 Å². The molecule has 0 aliphatic carbocycles. The van der Waals surface area contributed by atoms with Gasteiger partial charge in [-0.25, -0.2) is 13.4 Å². The minimum atomic E-state index is -3.84. The van der Waals surface area contributed by atoms with E-state index in [4.69, 9.17) is 16.3 Å². The van der Waals surface area contributed by atoms with Crippen LogP contribution in [0.4, 0.5) is 0 Å². The monoisotopic (exact) mass is 467 g/mol. The fourth-order valence-electron chi connectivity index (χ4n) is 2.38. The van der Waals surface area contributed by atoms with Crippen molar-refractivity contribution in [1.82, 2.24) is 13.9 Å². The van der Waals surface area contributed by atoms with Crippen molar-refractivity contribution in [2.75, 3.05) is 33.0 Å². The van der Waals surface area contributed by atoms with Crippen molar-refractivity contribution < 1.29 is 13.2 Å². The Labute approximate surface area is 183 Å². The molecule has 0 saturated heterocycles. The molecule has 0 spiro atoms. The number of rotatable bonds is 10. The predicted octanol–water partition coefficient (Wildman–Crippen LogP) is 4.34. The van der Waals surface area contributed by atoms with E-state index in [9.17, 15) is 8.42 Å². The number of hydrogen-bond donors (Lipinski definition) is 0. The molecule has 1 aromatic heterocycles. The third-order valence-corrected chi connectivity index (χ3v) is 7.27. The Morgan fingerprint density at radius 2 is 2.04 bits per heavy atom. The Morgan fingerprint density at radius 1 is 1.32 bits per heavy atom. The van der Waals surface area contributed by atoms with Crippen molar-refractivity contribution >= 4 is 45.8 Å². The predicted molar refractivity (Wildman–Crippen MR) is 118 cm³/mol. The highest BCUT2D eigenvalue weighted by atomic mass is 35.5. The normalized spacial score (nSPS) is 11.5. The van der Waals surface area contributed by atoms with Crippen LogP contribution in [0.5, 0.6) is 6.01 Å². The molecule has 0 fully saturated rings. The fraction of sp³-hybridized carbons (Fsp3) is 0.500. The Balaban J connectivity index is 0.00000392. The maximum Gasteiger partial charge on any atom is 0.310 e. The SMILES string of the molecule is CCCSc1cc(Cl)c(C)cc1S(=O)(=O)n1ccnc1OCCCN(C)C.Cl. The zero-order valence-corrected chi connectivity index (χ0v) is 19.7. The minimum absolute atomic E-state index is 0. The van der Waals surface area contributed by atoms with Crippen LogP contribution in [0.2, 0.25) is 5.02 Å². The Kier molecular flexibility index (Phi) is 10.1. The number of hydrogen-bond acceptors (Lipinski definition) is 6. The third kappa shape index (κ3) is 6.29. The molecule has 0 bridgehead atoms. The van der Waals surface area contributed by atoms with Crippen LogP contribution >= 0.6 is 35.8 Å². The van der Waals surface area contributed by atoms with E-state index in [1.165, 1.54) is 24.2 Å². The zero-order valence-electron chi connectivity index (χ0n) is 16.5. The Bertz CT molecular complexity index is 871. The van der Waals surface area contributed by atoms with Crippen molar-refractivity contribution in [2.24, 2.45) is 0 Å². The summed E-state index contributed by atoms with van der Waals surface area (Å²) in [4.78, 5) is 6.97. The van der Waals surface area contributed by atoms with E-state index in [0.29, 0.717) is 22.1 Å². The molecule has 0 radical (unpaired) electrons. The standard InChI is InChI=1S/C18H26ClN3O3S2.ClH/c1-5-11-26-16-13-15(19)14(2)12-17(16)27(23,24)22-9-7-20-18(22)25-10-6-8-21(3)4;/h7,9,12-13H,5-6,8,10-11H2,1-4H3;1H. The molecular weight excluding hydrogens is 441 g/mol. The third-order valence-electron chi connectivity index (χ3n) is 3.78. The number of imidazole rings is 1. The van der Waals surface area contributed by atoms with Crippen molar-refractivity contribution in [3.8, 4) is 6.01 Å². The van der Waals surface area contributed by atoms with Gasteiger partial charge in [-0.15, -0.1) is 24.2 Å². The quantitative estimate of drug-likeness (QED) is 0.382. The average Bonchev–Trinajstić information content (AvgIpc) is 3.08. The highest BCUT2D eigenvalue weighted by Gasteiger charge is 2.25. The Hall–Kier alpha value is -0.930. The van der Waals surface area contributed by atoms with Gasteiger partial charge in [-0.2, -0.15) is 3.97 Å². The van der Waals surface area contributed by atoms with E-state index in [1.54, 1.807) is 19.1 Å². The first kappa shape index (κ1) is 25.1. The summed E-state index contributed by atoms with van der Waals surface area (Å²) in [6.07, 6.45) is 4.55. The van der Waals surface area contributed by atoms with Crippen LogP contribution in [-0.4, -0.2) is 55.3 Å². The molecule has 0 saturated carbocycles. The van der Waals surface area contributed by atoms with E-state index < -0.39 is 10.0 Å². The molecule has 0 atom stereocenters. The number of thioether (sulfide) groups is 1. The molecule has 1 aromatic carbocycles. The second-order valence-electron chi connectivity index (χ2n) is 6.41. The van der Waals surface area contributed by atoms with E-state index in [1.807, 2.05) is 25.9 Å². The molecule has 0 amide bonds. The van der Waals surface area contributed by atoms with Gasteiger partial charge in [0, 0.05) is 22.7 Å². The first-order chi connectivity index (χ1) is 12.8. The summed E-state index contributed by atoms with van der Waals surface area (Å²) in [6, 6.07) is 3.41. The molecule has 0 aliphatic rings. The molecule has 158 valence electrons. The van der Waals surface area contributed by atoms with Crippen molar-refractivity contribution in [2.45, 2.75) is 36.5 Å². The molecule has 1 heterocycles. The summed E-state index contributed by atoms with van der Waals surface area (Å²) in [7, 11) is 0.111. The van der Waals surface area contributed by atoms with Gasteiger partial charge in [-0.1, -0.05) is 18.5 Å². The van der Waals surface area contributed by atoms with Gasteiger partial charge < -0.3 is 9.64 Å². The minimum Gasteiger partial charge on any atom is -0.464 e. The van der Waals surface area contributed by atoms with Gasteiger partial charge >= 0.3 is 6.01 Å². The smallest absolute Gasteiger partial charge is 0.310 e. The van der Waals surface area contributed by atoms with Gasteiger partial charge in [0.1, 0.15) is 4.90 Å². The van der Waals surface area contributed by atoms with Crippen LogP contribution in [0.3, 0.4) is 0 Å². The molecule has 0 unspecified atom stereocenters.